The fraction of sp³-hybridized carbons (Fsp3) is 0.300. The molecule has 0 saturated carbocycles. The van der Waals surface area contributed by atoms with E-state index >= 15 is 0 Å². The molecule has 0 aliphatic heterocycles. The van der Waals surface area contributed by atoms with Crippen LogP contribution in [0, 0.1) is 0 Å². The van der Waals surface area contributed by atoms with Gasteiger partial charge in [0, 0.05) is 12.9 Å². The number of methoxy groups -OCH3 is 1. The van der Waals surface area contributed by atoms with Gasteiger partial charge >= 0.3 is 6.18 Å². The molecule has 0 fully saturated rings. The van der Waals surface area contributed by atoms with Crippen LogP contribution in [0.25, 0.3) is 10.2 Å². The maximum Gasteiger partial charge on any atom is 0.416 e. The zero-order valence-electron chi connectivity index (χ0n) is 16.0. The lowest BCUT2D eigenvalue weighted by molar-refractivity contribution is -0.137. The topological polar surface area (TPSA) is 60.5 Å². The lowest BCUT2D eigenvalue weighted by Gasteiger charge is -2.15. The zero-order valence-corrected chi connectivity index (χ0v) is 17.6. The number of para-hydroxylation sites is 1. The monoisotopic (exact) mass is 456 g/mol. The predicted octanol–water partition coefficient (Wildman–Crippen LogP) is 5.21. The minimum atomic E-state index is -4.52. The Morgan fingerprint density at radius 3 is 2.73 bits per heavy atom. The second-order valence-corrected chi connectivity index (χ2v) is 8.27. The van der Waals surface area contributed by atoms with Crippen molar-refractivity contribution >= 4 is 44.9 Å². The number of amides is 1. The standard InChI is InChI=1S/C20H19F3N2O3S2/c1-27-8-9-28-16-7-6-13(20(21,22)23)10-15(16)24-18(26)11-29-12-19-25-14-4-2-3-5-17(14)30-19/h2-7,10H,8-9,11-12H2,1H3,(H,24,26). The van der Waals surface area contributed by atoms with E-state index in [1.807, 2.05) is 24.3 Å². The highest BCUT2D eigenvalue weighted by atomic mass is 32.2. The highest BCUT2D eigenvalue weighted by molar-refractivity contribution is 7.99. The number of carbonyl (C=O) groups excluding carboxylic acids is 1. The van der Waals surface area contributed by atoms with Crippen molar-refractivity contribution in [2.45, 2.75) is 11.9 Å². The van der Waals surface area contributed by atoms with E-state index in [-0.39, 0.29) is 30.4 Å². The lowest BCUT2D eigenvalue weighted by atomic mass is 10.1. The van der Waals surface area contributed by atoms with Gasteiger partial charge < -0.3 is 14.8 Å². The molecule has 0 unspecified atom stereocenters. The molecule has 160 valence electrons. The summed E-state index contributed by atoms with van der Waals surface area (Å²) >= 11 is 2.89. The molecule has 5 nitrogen and oxygen atoms in total. The fourth-order valence-electron chi connectivity index (χ4n) is 2.56. The quantitative estimate of drug-likeness (QED) is 0.448. The molecule has 1 amide bonds. The van der Waals surface area contributed by atoms with Crippen LogP contribution in [0.15, 0.2) is 42.5 Å². The van der Waals surface area contributed by atoms with Gasteiger partial charge in [0.2, 0.25) is 5.91 Å². The number of hydrogen-bond acceptors (Lipinski definition) is 6. The summed E-state index contributed by atoms with van der Waals surface area (Å²) in [5.41, 5.74) is 0.0231. The van der Waals surface area contributed by atoms with Crippen LogP contribution in [-0.4, -0.2) is 37.0 Å². The van der Waals surface area contributed by atoms with E-state index in [0.717, 1.165) is 27.4 Å². The van der Waals surface area contributed by atoms with Gasteiger partial charge in [0.05, 0.1) is 33.8 Å². The van der Waals surface area contributed by atoms with Gasteiger partial charge in [-0.25, -0.2) is 4.98 Å². The Balaban J connectivity index is 1.61. The molecular weight excluding hydrogens is 437 g/mol. The van der Waals surface area contributed by atoms with Crippen molar-refractivity contribution in [3.05, 3.63) is 53.0 Å². The normalized spacial score (nSPS) is 11.6. The van der Waals surface area contributed by atoms with Crippen molar-refractivity contribution in [1.29, 1.82) is 0 Å². The van der Waals surface area contributed by atoms with Gasteiger partial charge in [-0.05, 0) is 30.3 Å². The molecule has 10 heteroatoms. The lowest BCUT2D eigenvalue weighted by Crippen LogP contribution is -2.17. The Kier molecular flexibility index (Phi) is 7.57. The van der Waals surface area contributed by atoms with Gasteiger partial charge in [0.15, 0.2) is 0 Å². The minimum Gasteiger partial charge on any atom is -0.489 e. The van der Waals surface area contributed by atoms with Crippen LogP contribution in [0.2, 0.25) is 0 Å². The van der Waals surface area contributed by atoms with Gasteiger partial charge in [0.25, 0.3) is 0 Å². The summed E-state index contributed by atoms with van der Waals surface area (Å²) in [6.07, 6.45) is -4.52. The first-order valence-corrected chi connectivity index (χ1v) is 10.9. The highest BCUT2D eigenvalue weighted by Crippen LogP contribution is 2.35. The van der Waals surface area contributed by atoms with Crippen molar-refractivity contribution in [1.82, 2.24) is 4.98 Å². The number of fused-ring (bicyclic) bond motifs is 1. The Hall–Kier alpha value is -2.30. The van der Waals surface area contributed by atoms with Crippen LogP contribution < -0.4 is 10.1 Å². The van der Waals surface area contributed by atoms with E-state index in [4.69, 9.17) is 9.47 Å². The molecule has 2 aromatic carbocycles. The van der Waals surface area contributed by atoms with E-state index in [9.17, 15) is 18.0 Å². The number of nitrogens with zero attached hydrogens (tertiary/aromatic N) is 1. The second kappa shape index (κ2) is 10.1. The molecule has 0 atom stereocenters. The number of hydrogen-bond donors (Lipinski definition) is 1. The second-order valence-electron chi connectivity index (χ2n) is 6.17. The van der Waals surface area contributed by atoms with Gasteiger partial charge in [-0.1, -0.05) is 12.1 Å². The summed E-state index contributed by atoms with van der Waals surface area (Å²) in [6, 6.07) is 10.7. The van der Waals surface area contributed by atoms with Crippen molar-refractivity contribution in [3.8, 4) is 5.75 Å². The number of rotatable bonds is 9. The van der Waals surface area contributed by atoms with Crippen LogP contribution >= 0.6 is 23.1 Å². The number of benzene rings is 2. The zero-order chi connectivity index (χ0) is 21.6. The van der Waals surface area contributed by atoms with Crippen LogP contribution in [-0.2, 0) is 21.5 Å². The van der Waals surface area contributed by atoms with Crippen LogP contribution in [0.1, 0.15) is 10.6 Å². The van der Waals surface area contributed by atoms with E-state index in [2.05, 4.69) is 10.3 Å². The van der Waals surface area contributed by atoms with Gasteiger partial charge in [-0.2, -0.15) is 13.2 Å². The van der Waals surface area contributed by atoms with E-state index < -0.39 is 17.6 Å². The molecule has 1 N–H and O–H groups in total. The first-order chi connectivity index (χ1) is 14.4. The molecule has 0 aliphatic rings. The molecule has 0 bridgehead atoms. The average Bonchev–Trinajstić information content (AvgIpc) is 3.11. The summed E-state index contributed by atoms with van der Waals surface area (Å²) in [5, 5.41) is 3.41. The first-order valence-electron chi connectivity index (χ1n) is 8.92. The Morgan fingerprint density at radius 1 is 1.20 bits per heavy atom. The number of alkyl halides is 3. The maximum absolute atomic E-state index is 13.0. The molecule has 0 radical (unpaired) electrons. The third kappa shape index (κ3) is 6.10. The maximum atomic E-state index is 13.0. The molecule has 1 heterocycles. The van der Waals surface area contributed by atoms with Crippen LogP contribution in [0.5, 0.6) is 5.75 Å². The molecule has 30 heavy (non-hydrogen) atoms. The fourth-order valence-corrected chi connectivity index (χ4v) is 4.41. The van der Waals surface area contributed by atoms with Crippen molar-refractivity contribution in [2.24, 2.45) is 0 Å². The van der Waals surface area contributed by atoms with Gasteiger partial charge in [-0.3, -0.25) is 4.79 Å². The molecule has 0 spiro atoms. The molecule has 0 saturated heterocycles. The molecule has 0 aliphatic carbocycles. The summed E-state index contributed by atoms with van der Waals surface area (Å²) in [6.45, 7) is 0.420. The number of ether oxygens (including phenoxy) is 2. The summed E-state index contributed by atoms with van der Waals surface area (Å²) in [7, 11) is 1.49. The number of carbonyl (C=O) groups is 1. The van der Waals surface area contributed by atoms with Gasteiger partial charge in [-0.15, -0.1) is 23.1 Å². The van der Waals surface area contributed by atoms with E-state index in [1.54, 1.807) is 11.3 Å². The van der Waals surface area contributed by atoms with E-state index in [0.29, 0.717) is 5.75 Å². The van der Waals surface area contributed by atoms with E-state index in [1.165, 1.54) is 24.9 Å². The Morgan fingerprint density at radius 2 is 2.00 bits per heavy atom. The number of anilines is 1. The number of thioether (sulfide) groups is 1. The highest BCUT2D eigenvalue weighted by Gasteiger charge is 2.31. The van der Waals surface area contributed by atoms with Crippen molar-refractivity contribution < 1.29 is 27.4 Å². The summed E-state index contributed by atoms with van der Waals surface area (Å²) in [4.78, 5) is 16.8. The number of aromatic nitrogens is 1. The number of thiazole rings is 1. The molecule has 3 aromatic rings. The third-order valence-electron chi connectivity index (χ3n) is 3.92. The summed E-state index contributed by atoms with van der Waals surface area (Å²) < 4.78 is 50.5. The number of nitrogens with one attached hydrogen (secondary N) is 1. The SMILES string of the molecule is COCCOc1ccc(C(F)(F)F)cc1NC(=O)CSCc1nc2ccccc2s1. The average molecular weight is 457 g/mol. The van der Waals surface area contributed by atoms with Crippen LogP contribution in [0.3, 0.4) is 0 Å². The first kappa shape index (κ1) is 22.4. The van der Waals surface area contributed by atoms with Crippen molar-refractivity contribution in [3.63, 3.8) is 0 Å². The predicted molar refractivity (Wildman–Crippen MR) is 113 cm³/mol. The molecular formula is C20H19F3N2O3S2. The van der Waals surface area contributed by atoms with Crippen LogP contribution in [0.4, 0.5) is 18.9 Å². The van der Waals surface area contributed by atoms with Crippen molar-refractivity contribution in [2.75, 3.05) is 31.4 Å². The third-order valence-corrected chi connectivity index (χ3v) is 6.09. The largest absolute Gasteiger partial charge is 0.489 e. The smallest absolute Gasteiger partial charge is 0.416 e. The summed E-state index contributed by atoms with van der Waals surface area (Å²) in [5.74, 6) is 0.345. The number of halogens is 3. The minimum absolute atomic E-state index is 0.0217. The van der Waals surface area contributed by atoms with Gasteiger partial charge in [0.1, 0.15) is 17.4 Å². The molecule has 3 rings (SSSR count). The Labute approximate surface area is 179 Å². The molecule has 1 aromatic heterocycles. The Bertz CT molecular complexity index is 975.